The molecule has 1 heterocycles. The molecule has 0 saturated heterocycles. The molecule has 0 spiro atoms. The predicted molar refractivity (Wildman–Crippen MR) is 117 cm³/mol. The Kier molecular flexibility index (Phi) is 4.10. The van der Waals surface area contributed by atoms with E-state index in [0.717, 1.165) is 34.4 Å². The Labute approximate surface area is 164 Å². The van der Waals surface area contributed by atoms with Crippen LogP contribution in [0.15, 0.2) is 91.0 Å². The van der Waals surface area contributed by atoms with Crippen LogP contribution in [-0.4, -0.2) is 9.97 Å². The molecule has 0 N–H and O–H groups in total. The molecule has 0 aliphatic heterocycles. The summed E-state index contributed by atoms with van der Waals surface area (Å²) >= 11 is 0. The van der Waals surface area contributed by atoms with Crippen molar-refractivity contribution in [3.05, 3.63) is 96.7 Å². The van der Waals surface area contributed by atoms with Crippen molar-refractivity contribution in [2.45, 2.75) is 13.3 Å². The summed E-state index contributed by atoms with van der Waals surface area (Å²) in [5, 5.41) is 2.53. The number of para-hydroxylation sites is 2. The molecule has 2 nitrogen and oxygen atoms in total. The summed E-state index contributed by atoms with van der Waals surface area (Å²) in [4.78, 5) is 9.72. The summed E-state index contributed by atoms with van der Waals surface area (Å²) in [6.07, 6.45) is 0.861. The Bertz CT molecular complexity index is 1290. The zero-order valence-corrected chi connectivity index (χ0v) is 15.8. The zero-order chi connectivity index (χ0) is 18.9. The molecule has 1 aromatic heterocycles. The molecule has 0 unspecified atom stereocenters. The third-order valence-electron chi connectivity index (χ3n) is 5.22. The van der Waals surface area contributed by atoms with E-state index in [1.165, 1.54) is 21.9 Å². The molecule has 0 amide bonds. The van der Waals surface area contributed by atoms with E-state index in [1.54, 1.807) is 0 Å². The Morgan fingerprint density at radius 3 is 1.93 bits per heavy atom. The van der Waals surface area contributed by atoms with Gasteiger partial charge in [0.1, 0.15) is 0 Å². The largest absolute Gasteiger partial charge is 0.249 e. The predicted octanol–water partition coefficient (Wildman–Crippen LogP) is 6.68. The average Bonchev–Trinajstić information content (AvgIpc) is 2.78. The van der Waals surface area contributed by atoms with E-state index >= 15 is 0 Å². The molecule has 0 aliphatic rings. The van der Waals surface area contributed by atoms with E-state index in [1.807, 2.05) is 24.3 Å². The van der Waals surface area contributed by atoms with Crippen molar-refractivity contribution in [1.82, 2.24) is 9.97 Å². The SMILES string of the molecule is CCc1nc2ccccc2nc1-c1ccc(-c2ccc3ccccc3c2)cc1. The Morgan fingerprint density at radius 1 is 0.571 bits per heavy atom. The topological polar surface area (TPSA) is 25.8 Å². The lowest BCUT2D eigenvalue weighted by Crippen LogP contribution is -1.97. The van der Waals surface area contributed by atoms with Crippen molar-refractivity contribution in [1.29, 1.82) is 0 Å². The van der Waals surface area contributed by atoms with Crippen LogP contribution in [0.3, 0.4) is 0 Å². The van der Waals surface area contributed by atoms with Gasteiger partial charge >= 0.3 is 0 Å². The molecule has 0 radical (unpaired) electrons. The molecule has 0 saturated carbocycles. The van der Waals surface area contributed by atoms with Crippen molar-refractivity contribution < 1.29 is 0 Å². The minimum Gasteiger partial charge on any atom is -0.249 e. The van der Waals surface area contributed by atoms with Crippen LogP contribution in [0.5, 0.6) is 0 Å². The first kappa shape index (κ1) is 16.6. The third-order valence-corrected chi connectivity index (χ3v) is 5.22. The van der Waals surface area contributed by atoms with Gasteiger partial charge in [0.25, 0.3) is 0 Å². The highest BCUT2D eigenvalue weighted by Crippen LogP contribution is 2.29. The number of fused-ring (bicyclic) bond motifs is 2. The smallest absolute Gasteiger partial charge is 0.0925 e. The quantitative estimate of drug-likeness (QED) is 0.359. The standard InChI is InChI=1S/C26H20N2/c1-2-23-26(28-25-10-6-5-9-24(25)27-23)20-14-11-19(12-15-20)22-16-13-18-7-3-4-8-21(18)17-22/h3-17H,2H2,1H3. The minimum atomic E-state index is 0.861. The summed E-state index contributed by atoms with van der Waals surface area (Å²) in [5.41, 5.74) is 7.46. The number of benzene rings is 4. The van der Waals surface area contributed by atoms with E-state index in [4.69, 9.17) is 9.97 Å². The second kappa shape index (κ2) is 6.90. The third kappa shape index (κ3) is 2.93. The second-order valence-electron chi connectivity index (χ2n) is 7.00. The Hall–Kier alpha value is -3.52. The van der Waals surface area contributed by atoms with Crippen LogP contribution in [0.25, 0.3) is 44.2 Å². The van der Waals surface area contributed by atoms with E-state index < -0.39 is 0 Å². The normalized spacial score (nSPS) is 11.2. The van der Waals surface area contributed by atoms with Gasteiger partial charge in [-0.25, -0.2) is 9.97 Å². The Morgan fingerprint density at radius 2 is 1.18 bits per heavy atom. The van der Waals surface area contributed by atoms with Crippen LogP contribution in [0.4, 0.5) is 0 Å². The van der Waals surface area contributed by atoms with Gasteiger partial charge in [-0.05, 0) is 46.5 Å². The summed E-state index contributed by atoms with van der Waals surface area (Å²) in [7, 11) is 0. The fourth-order valence-corrected chi connectivity index (χ4v) is 3.70. The van der Waals surface area contributed by atoms with E-state index in [9.17, 15) is 0 Å². The first-order chi connectivity index (χ1) is 13.8. The number of rotatable bonds is 3. The van der Waals surface area contributed by atoms with Gasteiger partial charge in [0.05, 0.1) is 22.4 Å². The number of aromatic nitrogens is 2. The molecule has 5 rings (SSSR count). The van der Waals surface area contributed by atoms with Crippen LogP contribution >= 0.6 is 0 Å². The highest BCUT2D eigenvalue weighted by Gasteiger charge is 2.10. The number of aryl methyl sites for hydroxylation is 1. The lowest BCUT2D eigenvalue weighted by molar-refractivity contribution is 1.04. The number of hydrogen-bond acceptors (Lipinski definition) is 2. The van der Waals surface area contributed by atoms with Crippen LogP contribution in [-0.2, 0) is 6.42 Å². The monoisotopic (exact) mass is 360 g/mol. The van der Waals surface area contributed by atoms with E-state index in [0.29, 0.717) is 0 Å². The average molecular weight is 360 g/mol. The molecular weight excluding hydrogens is 340 g/mol. The fourth-order valence-electron chi connectivity index (χ4n) is 3.70. The Balaban J connectivity index is 1.56. The second-order valence-corrected chi connectivity index (χ2v) is 7.00. The summed E-state index contributed by atoms with van der Waals surface area (Å²) in [5.74, 6) is 0. The van der Waals surface area contributed by atoms with Gasteiger partial charge in [0.2, 0.25) is 0 Å². The molecule has 4 aromatic carbocycles. The minimum absolute atomic E-state index is 0.861. The molecule has 28 heavy (non-hydrogen) atoms. The van der Waals surface area contributed by atoms with Crippen molar-refractivity contribution >= 4 is 21.8 Å². The van der Waals surface area contributed by atoms with Crippen LogP contribution in [0.1, 0.15) is 12.6 Å². The van der Waals surface area contributed by atoms with Gasteiger partial charge in [-0.1, -0.05) is 79.7 Å². The van der Waals surface area contributed by atoms with E-state index in [-0.39, 0.29) is 0 Å². The summed E-state index contributed by atoms with van der Waals surface area (Å²) < 4.78 is 0. The molecule has 0 aliphatic carbocycles. The molecular formula is C26H20N2. The van der Waals surface area contributed by atoms with Gasteiger partial charge in [-0.2, -0.15) is 0 Å². The molecule has 2 heteroatoms. The lowest BCUT2D eigenvalue weighted by Gasteiger charge is -2.10. The fraction of sp³-hybridized carbons (Fsp3) is 0.0769. The number of nitrogens with zero attached hydrogens (tertiary/aromatic N) is 2. The molecule has 0 fully saturated rings. The lowest BCUT2D eigenvalue weighted by atomic mass is 9.99. The van der Waals surface area contributed by atoms with Crippen molar-refractivity contribution in [2.75, 3.05) is 0 Å². The first-order valence-electron chi connectivity index (χ1n) is 9.67. The van der Waals surface area contributed by atoms with Crippen molar-refractivity contribution in [3.8, 4) is 22.4 Å². The van der Waals surface area contributed by atoms with Gasteiger partial charge in [0, 0.05) is 5.56 Å². The van der Waals surface area contributed by atoms with Crippen LogP contribution in [0, 0.1) is 0 Å². The van der Waals surface area contributed by atoms with Crippen LogP contribution < -0.4 is 0 Å². The van der Waals surface area contributed by atoms with Crippen molar-refractivity contribution in [2.24, 2.45) is 0 Å². The number of hydrogen-bond donors (Lipinski definition) is 0. The van der Waals surface area contributed by atoms with Gasteiger partial charge < -0.3 is 0 Å². The highest BCUT2D eigenvalue weighted by atomic mass is 14.8. The van der Waals surface area contributed by atoms with Gasteiger partial charge in [-0.3, -0.25) is 0 Å². The summed E-state index contributed by atoms with van der Waals surface area (Å²) in [6.45, 7) is 2.13. The van der Waals surface area contributed by atoms with Crippen molar-refractivity contribution in [3.63, 3.8) is 0 Å². The molecule has 0 bridgehead atoms. The molecule has 0 atom stereocenters. The maximum atomic E-state index is 4.90. The van der Waals surface area contributed by atoms with E-state index in [2.05, 4.69) is 73.7 Å². The molecule has 134 valence electrons. The highest BCUT2D eigenvalue weighted by molar-refractivity contribution is 5.87. The first-order valence-corrected chi connectivity index (χ1v) is 9.67. The van der Waals surface area contributed by atoms with Crippen LogP contribution in [0.2, 0.25) is 0 Å². The maximum Gasteiger partial charge on any atom is 0.0925 e. The maximum absolute atomic E-state index is 4.90. The van der Waals surface area contributed by atoms with Gasteiger partial charge in [0.15, 0.2) is 0 Å². The zero-order valence-electron chi connectivity index (χ0n) is 15.8. The summed E-state index contributed by atoms with van der Waals surface area (Å²) in [6, 6.07) is 31.8. The van der Waals surface area contributed by atoms with Gasteiger partial charge in [-0.15, -0.1) is 0 Å². The molecule has 5 aromatic rings.